The van der Waals surface area contributed by atoms with E-state index in [2.05, 4.69) is 199 Å². The van der Waals surface area contributed by atoms with E-state index in [0.29, 0.717) is 20.0 Å². The summed E-state index contributed by atoms with van der Waals surface area (Å²) in [4.78, 5) is 42.0. The zero-order valence-corrected chi connectivity index (χ0v) is 50.4. The minimum Gasteiger partial charge on any atom is -0.299 e. The Morgan fingerprint density at radius 3 is 1.66 bits per heavy atom. The first kappa shape index (κ1) is 56.8. The van der Waals surface area contributed by atoms with E-state index in [4.69, 9.17) is 0 Å². The second-order valence-corrected chi connectivity index (χ2v) is 24.4. The van der Waals surface area contributed by atoms with Crippen molar-refractivity contribution < 1.29 is 28.1 Å². The van der Waals surface area contributed by atoms with Gasteiger partial charge in [0.15, 0.2) is 37.7 Å². The number of amides is 3. The number of hydrogen-bond acceptors (Lipinski definition) is 3. The quantitative estimate of drug-likeness (QED) is 0.121. The fourth-order valence-electron chi connectivity index (χ4n) is 13.5. The molecular weight excluding hydrogens is 1020 g/mol. The molecule has 1 atom stereocenters. The van der Waals surface area contributed by atoms with Gasteiger partial charge >= 0.3 is 0 Å². The zero-order valence-electron chi connectivity index (χ0n) is 50.4. The van der Waals surface area contributed by atoms with Crippen LogP contribution in [-0.2, 0) is 47.2 Å². The topological polar surface area (TPSA) is 74.9 Å². The fourth-order valence-corrected chi connectivity index (χ4v) is 13.5. The van der Waals surface area contributed by atoms with E-state index in [1.54, 1.807) is 20.8 Å². The first-order valence-electron chi connectivity index (χ1n) is 30.3. The highest BCUT2D eigenvalue weighted by atomic mass is 16.2. The Labute approximate surface area is 491 Å². The highest BCUT2D eigenvalue weighted by Gasteiger charge is 2.35. The second kappa shape index (κ2) is 24.4. The molecule has 6 aliphatic rings. The van der Waals surface area contributed by atoms with E-state index in [9.17, 15) is 14.4 Å². The van der Waals surface area contributed by atoms with E-state index < -0.39 is 0 Å². The number of para-hydroxylation sites is 2. The molecule has 2 fully saturated rings. The van der Waals surface area contributed by atoms with Crippen LogP contribution < -0.4 is 19.2 Å². The third-order valence-corrected chi connectivity index (χ3v) is 18.3. The number of anilines is 3. The van der Waals surface area contributed by atoms with Gasteiger partial charge in [-0.05, 0) is 121 Å². The van der Waals surface area contributed by atoms with E-state index >= 15 is 0 Å². The van der Waals surface area contributed by atoms with Gasteiger partial charge in [-0.3, -0.25) is 38.1 Å². The molecule has 0 bridgehead atoms. The van der Waals surface area contributed by atoms with Gasteiger partial charge in [-0.25, -0.2) is 13.7 Å². The standard InChI is InChI=1S/2C20H23N2O.C17H17N2.C15H21N2O/c1-15(23)22-14-21(19-9-3-2-4-10-19)13-18-11-16-7-5-6-8-17(16)12-20(18)22;1-15(23)22-14-21(17-8-3-2-4-9-17)13-19-18-10-6-5-7-16(18)11-12-20(19)22;1-19(16-8-3-2-4-9-16)12-15-7-5-6-14-10-11-18(13-19)17(14)15;1-10(2)16-8-14-6-11(3)12(4)7-15(14)17(9-16)13(5)18/h5-8,11-12H,2-4,9-10,13-14H2,1H3;5-7,10-12H,2-4,8-9,13-14H2,1H3;2-11H,12-13H2,1H3;6-7H,8-9H2,1-5H3/q4*+1. The van der Waals surface area contributed by atoms with Crippen LogP contribution in [0.2, 0.25) is 0 Å². The molecule has 1 unspecified atom stereocenters. The molecule has 11 nitrogen and oxygen atoms in total. The van der Waals surface area contributed by atoms with Crippen LogP contribution in [0, 0.1) is 13.8 Å². The van der Waals surface area contributed by atoms with Crippen molar-refractivity contribution in [3.8, 4) is 0 Å². The first-order chi connectivity index (χ1) is 40.1. The molecule has 0 radical (unpaired) electrons. The molecule has 5 heterocycles. The number of nitrogens with zero attached hydrogens (tertiary/aromatic N) is 8. The average molecular weight is 1110 g/mol. The minimum atomic E-state index is 0.102. The summed E-state index contributed by atoms with van der Waals surface area (Å²) >= 11 is 0. The smallest absolute Gasteiger partial charge is 0.228 e. The number of rotatable bonds is 1. The van der Waals surface area contributed by atoms with Crippen molar-refractivity contribution in [1.29, 1.82) is 0 Å². The molecule has 2 saturated carbocycles. The van der Waals surface area contributed by atoms with Gasteiger partial charge in [0.05, 0.1) is 29.6 Å². The van der Waals surface area contributed by atoms with Crippen LogP contribution in [0.3, 0.4) is 0 Å². The van der Waals surface area contributed by atoms with Crippen LogP contribution in [0.15, 0.2) is 146 Å². The molecule has 14 rings (SSSR count). The fraction of sp³-hybridized carbons (Fsp3) is 0.361. The summed E-state index contributed by atoms with van der Waals surface area (Å²) in [5, 5.41) is 6.35. The summed E-state index contributed by atoms with van der Waals surface area (Å²) in [6.07, 6.45) is 14.8. The van der Waals surface area contributed by atoms with E-state index in [0.717, 1.165) is 54.4 Å². The Hall–Kier alpha value is -8.02. The second-order valence-electron chi connectivity index (χ2n) is 24.4. The monoisotopic (exact) mass is 1110 g/mol. The molecule has 7 aromatic carbocycles. The number of aromatic nitrogens is 1. The summed E-state index contributed by atoms with van der Waals surface area (Å²) in [5.41, 5.74) is 18.1. The summed E-state index contributed by atoms with van der Waals surface area (Å²) in [6, 6.07) is 49.6. The van der Waals surface area contributed by atoms with Gasteiger partial charge in [-0.1, -0.05) is 104 Å². The Morgan fingerprint density at radius 1 is 0.470 bits per heavy atom. The summed E-state index contributed by atoms with van der Waals surface area (Å²) in [7, 11) is 2.32. The lowest BCUT2D eigenvalue weighted by Crippen LogP contribution is -2.47. The number of carbonyl (C=O) groups is 3. The van der Waals surface area contributed by atoms with Gasteiger partial charge in [0, 0.05) is 94.1 Å². The molecule has 426 valence electrons. The lowest BCUT2D eigenvalue weighted by atomic mass is 9.96. The first-order valence-corrected chi connectivity index (χ1v) is 30.3. The molecule has 1 aromatic heterocycles. The molecule has 0 saturated heterocycles. The highest BCUT2D eigenvalue weighted by Crippen LogP contribution is 2.37. The molecule has 8 aromatic rings. The number of hydrogen-bond donors (Lipinski definition) is 0. The van der Waals surface area contributed by atoms with Crippen LogP contribution in [0.25, 0.3) is 32.4 Å². The van der Waals surface area contributed by atoms with Crippen molar-refractivity contribution >= 4 is 90.1 Å². The molecule has 0 N–H and O–H groups in total. The maximum absolute atomic E-state index is 12.2. The van der Waals surface area contributed by atoms with Gasteiger partial charge in [0.1, 0.15) is 17.9 Å². The van der Waals surface area contributed by atoms with Crippen molar-refractivity contribution in [2.45, 2.75) is 146 Å². The maximum Gasteiger partial charge on any atom is 0.228 e. The molecule has 3 amide bonds. The van der Waals surface area contributed by atoms with Crippen LogP contribution in [0.4, 0.5) is 22.7 Å². The van der Waals surface area contributed by atoms with Gasteiger partial charge in [0.25, 0.3) is 0 Å². The van der Waals surface area contributed by atoms with Crippen LogP contribution in [0.5, 0.6) is 0 Å². The molecule has 4 aliphatic heterocycles. The molecule has 2 aliphatic carbocycles. The third kappa shape index (κ3) is 12.1. The molecule has 0 spiro atoms. The number of quaternary nitrogens is 1. The number of aryl methyl sites for hydroxylation is 2. The SMILES string of the molecule is CC(=O)N1C[N+](=C(C)C)Cc2cc(C)c(C)cc21.CC(=O)N1C[N+](=C2CCCCC2)Cc2c1ccc1ccccc21.CC(=O)N1C[N+](=C2CCCCC2)Cc2cc3ccccc3cc21.C[N+]1(c2ccccc2)Cc2cccc3ccn(c23)C1. The summed E-state index contributed by atoms with van der Waals surface area (Å²) < 4.78 is 10.4. The lowest BCUT2D eigenvalue weighted by molar-refractivity contribution is -0.547. The van der Waals surface area contributed by atoms with Crippen molar-refractivity contribution in [2.75, 3.05) is 41.8 Å². The maximum atomic E-state index is 12.2. The van der Waals surface area contributed by atoms with E-state index in [-0.39, 0.29) is 17.7 Å². The van der Waals surface area contributed by atoms with Crippen molar-refractivity contribution in [3.63, 3.8) is 0 Å². The predicted molar refractivity (Wildman–Crippen MR) is 342 cm³/mol. The average Bonchev–Trinajstić information content (AvgIpc) is 3.76. The molecule has 11 heteroatoms. The Kier molecular flexibility index (Phi) is 16.7. The highest BCUT2D eigenvalue weighted by molar-refractivity contribution is 5.99. The van der Waals surface area contributed by atoms with E-state index in [1.807, 2.05) is 14.7 Å². The number of fused-ring (bicyclic) bond motifs is 6. The molecular formula is C72H84N8O3+4. The zero-order chi connectivity index (χ0) is 57.9. The third-order valence-electron chi connectivity index (χ3n) is 18.3. The van der Waals surface area contributed by atoms with Gasteiger partial charge in [-0.15, -0.1) is 0 Å². The normalized spacial score (nSPS) is 18.2. The Bertz CT molecular complexity index is 3860. The lowest BCUT2D eigenvalue weighted by Gasteiger charge is -2.38. The van der Waals surface area contributed by atoms with Crippen molar-refractivity contribution in [1.82, 2.24) is 9.05 Å². The van der Waals surface area contributed by atoms with Gasteiger partial charge in [-0.2, -0.15) is 0 Å². The Morgan fingerprint density at radius 2 is 1.01 bits per heavy atom. The Balaban J connectivity index is 0.000000116. The van der Waals surface area contributed by atoms with E-state index in [1.165, 1.54) is 153 Å². The summed E-state index contributed by atoms with van der Waals surface area (Å²) in [5.74, 6) is 0.357. The van der Waals surface area contributed by atoms with Crippen molar-refractivity contribution in [2.24, 2.45) is 0 Å². The largest absolute Gasteiger partial charge is 0.299 e. The number of carbonyl (C=O) groups excluding carboxylic acids is 3. The molecule has 83 heavy (non-hydrogen) atoms. The summed E-state index contributed by atoms with van der Waals surface area (Å²) in [6.45, 7) is 20.3. The van der Waals surface area contributed by atoms with Gasteiger partial charge in [0.2, 0.25) is 37.7 Å². The van der Waals surface area contributed by atoms with Crippen LogP contribution in [-0.4, -0.2) is 80.2 Å². The van der Waals surface area contributed by atoms with Crippen molar-refractivity contribution in [3.05, 3.63) is 179 Å². The van der Waals surface area contributed by atoms with Crippen LogP contribution in [0.1, 0.15) is 132 Å². The van der Waals surface area contributed by atoms with Gasteiger partial charge < -0.3 is 0 Å². The number of benzene rings is 7. The van der Waals surface area contributed by atoms with Crippen LogP contribution >= 0.6 is 0 Å². The minimum absolute atomic E-state index is 0.102. The predicted octanol–water partition coefficient (Wildman–Crippen LogP) is 14.5.